The Morgan fingerprint density at radius 3 is 2.54 bits per heavy atom. The van der Waals surface area contributed by atoms with Crippen molar-refractivity contribution in [2.24, 2.45) is 0 Å². The van der Waals surface area contributed by atoms with Crippen LogP contribution in [0, 0.1) is 6.92 Å². The molecule has 4 rings (SSSR count). The molecule has 1 unspecified atom stereocenters. The van der Waals surface area contributed by atoms with Crippen LogP contribution in [0.25, 0.3) is 11.0 Å². The molecule has 1 atom stereocenters. The van der Waals surface area contributed by atoms with Gasteiger partial charge < -0.3 is 9.73 Å². The fourth-order valence-electron chi connectivity index (χ4n) is 3.74. The number of carbonyl (C=O) groups excluding carboxylic acids is 1. The summed E-state index contributed by atoms with van der Waals surface area (Å²) in [6.07, 6.45) is 2.49. The quantitative estimate of drug-likeness (QED) is 0.488. The number of hydrogen-bond acceptors (Lipinski definition) is 2. The number of rotatable bonds is 6. The highest BCUT2D eigenvalue weighted by Gasteiger charge is 2.17. The van der Waals surface area contributed by atoms with Crippen LogP contribution >= 0.6 is 0 Å². The summed E-state index contributed by atoms with van der Waals surface area (Å²) in [5.74, 6) is 0.134. The molecule has 0 aliphatic heterocycles. The smallest absolute Gasteiger partial charge is 0.252 e. The minimum absolute atomic E-state index is 0.0707. The van der Waals surface area contributed by atoms with Gasteiger partial charge in [0.25, 0.3) is 5.91 Å². The Morgan fingerprint density at radius 1 is 0.929 bits per heavy atom. The van der Waals surface area contributed by atoms with E-state index in [1.807, 2.05) is 30.3 Å². The molecule has 1 amide bonds. The minimum Gasteiger partial charge on any atom is -0.464 e. The molecule has 0 saturated heterocycles. The van der Waals surface area contributed by atoms with Crippen molar-refractivity contribution in [3.8, 4) is 0 Å². The molecule has 0 radical (unpaired) electrons. The molecular weight excluding hydrogens is 346 g/mol. The van der Waals surface area contributed by atoms with Crippen LogP contribution in [0.5, 0.6) is 0 Å². The van der Waals surface area contributed by atoms with Crippen molar-refractivity contribution in [3.63, 3.8) is 0 Å². The molecule has 0 spiro atoms. The van der Waals surface area contributed by atoms with Crippen LogP contribution < -0.4 is 5.32 Å². The Bertz CT molecular complexity index is 1080. The molecule has 28 heavy (non-hydrogen) atoms. The molecule has 140 valence electrons. The highest BCUT2D eigenvalue weighted by Crippen LogP contribution is 2.24. The maximum absolute atomic E-state index is 12.9. The summed E-state index contributed by atoms with van der Waals surface area (Å²) >= 11 is 0. The van der Waals surface area contributed by atoms with E-state index in [9.17, 15) is 4.79 Å². The Balaban J connectivity index is 1.56. The van der Waals surface area contributed by atoms with Crippen LogP contribution in [0.15, 0.2) is 89.5 Å². The molecule has 1 heterocycles. The molecule has 0 saturated carbocycles. The van der Waals surface area contributed by atoms with E-state index in [2.05, 4.69) is 60.8 Å². The summed E-state index contributed by atoms with van der Waals surface area (Å²) in [4.78, 5) is 12.9. The molecule has 4 aromatic rings. The number of furan rings is 1. The third kappa shape index (κ3) is 3.84. The normalized spacial score (nSPS) is 12.0. The summed E-state index contributed by atoms with van der Waals surface area (Å²) in [5.41, 5.74) is 5.16. The number of carbonyl (C=O) groups is 1. The second-order valence-corrected chi connectivity index (χ2v) is 7.09. The molecule has 0 bridgehead atoms. The zero-order valence-corrected chi connectivity index (χ0v) is 15.9. The van der Waals surface area contributed by atoms with Crippen molar-refractivity contribution in [1.29, 1.82) is 0 Å². The molecule has 0 aliphatic carbocycles. The van der Waals surface area contributed by atoms with E-state index in [4.69, 9.17) is 4.42 Å². The van der Waals surface area contributed by atoms with E-state index in [0.717, 1.165) is 17.4 Å². The first-order valence-corrected chi connectivity index (χ1v) is 9.56. The van der Waals surface area contributed by atoms with Crippen molar-refractivity contribution in [2.75, 3.05) is 6.54 Å². The predicted molar refractivity (Wildman–Crippen MR) is 113 cm³/mol. The summed E-state index contributed by atoms with van der Waals surface area (Å²) < 4.78 is 5.42. The van der Waals surface area contributed by atoms with Gasteiger partial charge in [-0.2, -0.15) is 0 Å². The maximum Gasteiger partial charge on any atom is 0.252 e. The molecule has 0 fully saturated rings. The Kier molecular flexibility index (Phi) is 5.24. The summed E-state index contributed by atoms with van der Waals surface area (Å²) in [6, 6.07) is 26.2. The van der Waals surface area contributed by atoms with Gasteiger partial charge in [0.15, 0.2) is 0 Å². The van der Waals surface area contributed by atoms with Gasteiger partial charge in [0.05, 0.1) is 11.8 Å². The Labute approximate surface area is 165 Å². The van der Waals surface area contributed by atoms with Crippen molar-refractivity contribution in [1.82, 2.24) is 5.32 Å². The maximum atomic E-state index is 12.9. The van der Waals surface area contributed by atoms with E-state index < -0.39 is 0 Å². The zero-order valence-electron chi connectivity index (χ0n) is 15.9. The number of benzene rings is 3. The lowest BCUT2D eigenvalue weighted by Crippen LogP contribution is -2.29. The van der Waals surface area contributed by atoms with Gasteiger partial charge in [0, 0.05) is 17.8 Å². The second-order valence-electron chi connectivity index (χ2n) is 7.09. The second kappa shape index (κ2) is 8.13. The summed E-state index contributed by atoms with van der Waals surface area (Å²) in [7, 11) is 0. The molecule has 3 nitrogen and oxygen atoms in total. The van der Waals surface area contributed by atoms with Gasteiger partial charge in [0.2, 0.25) is 0 Å². The van der Waals surface area contributed by atoms with Crippen molar-refractivity contribution < 1.29 is 9.21 Å². The van der Waals surface area contributed by atoms with Crippen LogP contribution in [0.2, 0.25) is 0 Å². The average molecular weight is 369 g/mol. The molecule has 3 heteroatoms. The Hall–Kier alpha value is -3.33. The SMILES string of the molecule is Cc1ccccc1C(CNC(=O)c1cccc2occc12)Cc1ccccc1. The standard InChI is InChI=1S/C25H23NO2/c1-18-8-5-6-11-21(18)20(16-19-9-3-2-4-10-19)17-26-25(27)23-12-7-13-24-22(23)14-15-28-24/h2-15,20H,16-17H2,1H3,(H,26,27). The van der Waals surface area contributed by atoms with Gasteiger partial charge in [-0.1, -0.05) is 60.7 Å². The van der Waals surface area contributed by atoms with Gasteiger partial charge in [-0.05, 0) is 48.2 Å². The minimum atomic E-state index is -0.0707. The van der Waals surface area contributed by atoms with Crippen LogP contribution in [-0.2, 0) is 6.42 Å². The number of fused-ring (bicyclic) bond motifs is 1. The zero-order chi connectivity index (χ0) is 19.3. The number of aryl methyl sites for hydroxylation is 1. The number of nitrogens with one attached hydrogen (secondary N) is 1. The molecule has 0 aliphatic rings. The van der Waals surface area contributed by atoms with E-state index in [1.54, 1.807) is 6.26 Å². The first-order valence-electron chi connectivity index (χ1n) is 9.56. The lowest BCUT2D eigenvalue weighted by atomic mass is 9.89. The lowest BCUT2D eigenvalue weighted by Gasteiger charge is -2.20. The average Bonchev–Trinajstić information content (AvgIpc) is 3.21. The topological polar surface area (TPSA) is 42.2 Å². The van der Waals surface area contributed by atoms with Gasteiger partial charge in [0.1, 0.15) is 5.58 Å². The fourth-order valence-corrected chi connectivity index (χ4v) is 3.74. The monoisotopic (exact) mass is 369 g/mol. The van der Waals surface area contributed by atoms with Gasteiger partial charge in [-0.15, -0.1) is 0 Å². The fraction of sp³-hybridized carbons (Fsp3) is 0.160. The predicted octanol–water partition coefficient (Wildman–Crippen LogP) is 5.50. The molecule has 1 N–H and O–H groups in total. The number of hydrogen-bond donors (Lipinski definition) is 1. The first kappa shape index (κ1) is 18.1. The third-order valence-corrected chi connectivity index (χ3v) is 5.20. The number of amides is 1. The van der Waals surface area contributed by atoms with Gasteiger partial charge in [-0.3, -0.25) is 4.79 Å². The van der Waals surface area contributed by atoms with Crippen LogP contribution in [0.1, 0.15) is 33.0 Å². The van der Waals surface area contributed by atoms with E-state index >= 15 is 0 Å². The van der Waals surface area contributed by atoms with Gasteiger partial charge in [-0.25, -0.2) is 0 Å². The molecule has 3 aromatic carbocycles. The largest absolute Gasteiger partial charge is 0.464 e. The van der Waals surface area contributed by atoms with Gasteiger partial charge >= 0.3 is 0 Å². The van der Waals surface area contributed by atoms with E-state index in [0.29, 0.717) is 12.1 Å². The van der Waals surface area contributed by atoms with E-state index in [1.165, 1.54) is 16.7 Å². The van der Waals surface area contributed by atoms with Crippen LogP contribution in [-0.4, -0.2) is 12.5 Å². The Morgan fingerprint density at radius 2 is 1.71 bits per heavy atom. The molecular formula is C25H23NO2. The van der Waals surface area contributed by atoms with Crippen LogP contribution in [0.4, 0.5) is 0 Å². The van der Waals surface area contributed by atoms with Crippen LogP contribution in [0.3, 0.4) is 0 Å². The van der Waals surface area contributed by atoms with Crippen molar-refractivity contribution in [3.05, 3.63) is 107 Å². The summed E-state index contributed by atoms with van der Waals surface area (Å²) in [6.45, 7) is 2.70. The first-order chi connectivity index (χ1) is 13.7. The lowest BCUT2D eigenvalue weighted by molar-refractivity contribution is 0.0952. The summed E-state index contributed by atoms with van der Waals surface area (Å²) in [5, 5.41) is 3.99. The highest BCUT2D eigenvalue weighted by atomic mass is 16.3. The van der Waals surface area contributed by atoms with Crippen molar-refractivity contribution in [2.45, 2.75) is 19.3 Å². The highest BCUT2D eigenvalue weighted by molar-refractivity contribution is 6.05. The van der Waals surface area contributed by atoms with E-state index in [-0.39, 0.29) is 11.8 Å². The van der Waals surface area contributed by atoms with Crippen molar-refractivity contribution >= 4 is 16.9 Å². The molecule has 1 aromatic heterocycles. The third-order valence-electron chi connectivity index (χ3n) is 5.20.